The minimum Gasteiger partial charge on any atom is -0.508 e. The Hall–Kier alpha value is -2.96. The van der Waals surface area contributed by atoms with E-state index in [1.807, 2.05) is 23.7 Å². The molecule has 140 valence electrons. The number of nitrogens with zero attached hydrogens (tertiary/aromatic N) is 2. The van der Waals surface area contributed by atoms with Crippen LogP contribution in [0.2, 0.25) is 5.02 Å². The van der Waals surface area contributed by atoms with E-state index in [4.69, 9.17) is 17.3 Å². The van der Waals surface area contributed by atoms with Gasteiger partial charge in [-0.2, -0.15) is 0 Å². The van der Waals surface area contributed by atoms with E-state index in [2.05, 4.69) is 10.3 Å². The maximum atomic E-state index is 12.3. The van der Waals surface area contributed by atoms with Gasteiger partial charge in [0.15, 0.2) is 0 Å². The van der Waals surface area contributed by atoms with Gasteiger partial charge in [-0.1, -0.05) is 23.7 Å². The molecule has 2 aromatic carbocycles. The lowest BCUT2D eigenvalue weighted by Gasteiger charge is -2.08. The summed E-state index contributed by atoms with van der Waals surface area (Å²) in [5.74, 6) is -0.419. The Morgan fingerprint density at radius 3 is 2.59 bits per heavy atom. The lowest BCUT2D eigenvalue weighted by Crippen LogP contribution is -2.19. The van der Waals surface area contributed by atoms with Crippen molar-refractivity contribution in [1.82, 2.24) is 9.55 Å². The second-order valence-electron chi connectivity index (χ2n) is 5.73. The Labute approximate surface area is 167 Å². The number of rotatable bonds is 4. The maximum Gasteiger partial charge on any atom is 0.271 e. The number of benzene rings is 2. The van der Waals surface area contributed by atoms with E-state index in [1.165, 1.54) is 24.3 Å². The van der Waals surface area contributed by atoms with Gasteiger partial charge in [-0.15, -0.1) is 12.4 Å². The highest BCUT2D eigenvalue weighted by atomic mass is 35.5. The van der Waals surface area contributed by atoms with Crippen molar-refractivity contribution in [3.63, 3.8) is 0 Å². The average Bonchev–Trinajstić information content (AvgIpc) is 3.04. The molecule has 1 aromatic heterocycles. The number of phenolic OH excluding ortho intramolecular Hbond substituents is 1. The zero-order chi connectivity index (χ0) is 18.7. The summed E-state index contributed by atoms with van der Waals surface area (Å²) < 4.78 is 1.91. The summed E-state index contributed by atoms with van der Waals surface area (Å²) in [4.78, 5) is 16.3. The molecule has 0 fully saturated rings. The van der Waals surface area contributed by atoms with Gasteiger partial charge in [-0.25, -0.2) is 4.98 Å². The fourth-order valence-corrected chi connectivity index (χ4v) is 2.61. The van der Waals surface area contributed by atoms with Crippen LogP contribution in [0.25, 0.3) is 17.3 Å². The molecule has 1 amide bonds. The van der Waals surface area contributed by atoms with Gasteiger partial charge in [-0.05, 0) is 47.5 Å². The minimum atomic E-state index is -0.460. The number of carbonyl (C=O) groups is 1. The van der Waals surface area contributed by atoms with Crippen LogP contribution in [0.15, 0.2) is 60.7 Å². The number of nitrogens with two attached hydrogens (primary N) is 1. The fraction of sp³-hybridized carbons (Fsp3) is 0.0526. The van der Waals surface area contributed by atoms with E-state index in [1.54, 1.807) is 24.7 Å². The molecular formula is C19H18Cl2N4O2. The summed E-state index contributed by atoms with van der Waals surface area (Å²) in [6, 6.07) is 11.8. The summed E-state index contributed by atoms with van der Waals surface area (Å²) >= 11 is 6.03. The van der Waals surface area contributed by atoms with E-state index in [-0.39, 0.29) is 23.9 Å². The third-order valence-corrected chi connectivity index (χ3v) is 4.15. The minimum absolute atomic E-state index is 0. The topological polar surface area (TPSA) is 93.2 Å². The summed E-state index contributed by atoms with van der Waals surface area (Å²) in [5.41, 5.74) is 8.85. The SMILES string of the molecule is Cl.Cn1cncc1-c1ccc(NC(=O)C(N)=Cc2cc(O)ccc2Cl)cc1. The Morgan fingerprint density at radius 1 is 1.26 bits per heavy atom. The van der Waals surface area contributed by atoms with Crippen molar-refractivity contribution in [2.75, 3.05) is 5.32 Å². The van der Waals surface area contributed by atoms with Crippen molar-refractivity contribution >= 4 is 41.7 Å². The summed E-state index contributed by atoms with van der Waals surface area (Å²) in [6.45, 7) is 0. The fourth-order valence-electron chi connectivity index (χ4n) is 2.44. The summed E-state index contributed by atoms with van der Waals surface area (Å²) in [5, 5.41) is 12.6. The number of phenols is 1. The molecule has 3 aromatic rings. The predicted molar refractivity (Wildman–Crippen MR) is 110 cm³/mol. The molecule has 0 spiro atoms. The molecule has 8 heteroatoms. The molecule has 6 nitrogen and oxygen atoms in total. The van der Waals surface area contributed by atoms with E-state index < -0.39 is 5.91 Å². The van der Waals surface area contributed by atoms with E-state index >= 15 is 0 Å². The molecule has 0 unspecified atom stereocenters. The monoisotopic (exact) mass is 404 g/mol. The number of hydrogen-bond acceptors (Lipinski definition) is 4. The molecule has 0 radical (unpaired) electrons. The maximum absolute atomic E-state index is 12.3. The van der Waals surface area contributed by atoms with Gasteiger partial charge in [0, 0.05) is 17.8 Å². The van der Waals surface area contributed by atoms with Gasteiger partial charge in [0.1, 0.15) is 5.75 Å². The summed E-state index contributed by atoms with van der Waals surface area (Å²) in [6.07, 6.45) is 4.91. The van der Waals surface area contributed by atoms with Crippen molar-refractivity contribution in [2.24, 2.45) is 12.8 Å². The number of imidazole rings is 1. The van der Waals surface area contributed by atoms with Gasteiger partial charge in [0.2, 0.25) is 0 Å². The van der Waals surface area contributed by atoms with Crippen LogP contribution < -0.4 is 11.1 Å². The van der Waals surface area contributed by atoms with Crippen LogP contribution >= 0.6 is 24.0 Å². The Morgan fingerprint density at radius 2 is 1.96 bits per heavy atom. The number of anilines is 1. The van der Waals surface area contributed by atoms with Crippen molar-refractivity contribution in [2.45, 2.75) is 0 Å². The Kier molecular flexibility index (Phi) is 6.50. The number of aromatic nitrogens is 2. The highest BCUT2D eigenvalue weighted by Crippen LogP contribution is 2.24. The van der Waals surface area contributed by atoms with Gasteiger partial charge in [-0.3, -0.25) is 4.79 Å². The molecule has 0 aliphatic carbocycles. The standard InChI is InChI=1S/C19H17ClN4O2.ClH/c1-24-11-22-10-18(24)12-2-4-14(5-3-12)23-19(26)17(21)9-13-8-15(25)6-7-16(13)20;/h2-11,25H,21H2,1H3,(H,23,26);1H. The highest BCUT2D eigenvalue weighted by molar-refractivity contribution is 6.32. The molecule has 0 aliphatic heterocycles. The van der Waals surface area contributed by atoms with E-state index in [0.29, 0.717) is 16.3 Å². The Balaban J connectivity index is 0.00000261. The number of halogens is 2. The molecule has 0 atom stereocenters. The number of aromatic hydroxyl groups is 1. The molecule has 0 saturated heterocycles. The van der Waals surface area contributed by atoms with Crippen LogP contribution in [-0.2, 0) is 11.8 Å². The molecule has 1 heterocycles. The van der Waals surface area contributed by atoms with Crippen LogP contribution in [0.5, 0.6) is 5.75 Å². The largest absolute Gasteiger partial charge is 0.508 e. The predicted octanol–water partition coefficient (Wildman–Crippen LogP) is 3.81. The molecule has 3 rings (SSSR count). The number of nitrogens with one attached hydrogen (secondary N) is 1. The lowest BCUT2D eigenvalue weighted by molar-refractivity contribution is -0.112. The Bertz CT molecular complexity index is 982. The van der Waals surface area contributed by atoms with Gasteiger partial charge < -0.3 is 20.7 Å². The first-order chi connectivity index (χ1) is 12.4. The molecule has 0 aliphatic rings. The van der Waals surface area contributed by atoms with Crippen LogP contribution in [0, 0.1) is 0 Å². The van der Waals surface area contributed by atoms with Crippen molar-refractivity contribution in [3.8, 4) is 17.0 Å². The number of amides is 1. The molecule has 4 N–H and O–H groups in total. The first kappa shape index (κ1) is 20.4. The number of hydrogen-bond donors (Lipinski definition) is 3. The van der Waals surface area contributed by atoms with Crippen molar-refractivity contribution < 1.29 is 9.90 Å². The first-order valence-electron chi connectivity index (χ1n) is 7.78. The van der Waals surface area contributed by atoms with Crippen LogP contribution in [0.1, 0.15) is 5.56 Å². The lowest BCUT2D eigenvalue weighted by atomic mass is 10.1. The van der Waals surface area contributed by atoms with Crippen LogP contribution in [0.3, 0.4) is 0 Å². The number of aryl methyl sites for hydroxylation is 1. The van der Waals surface area contributed by atoms with Gasteiger partial charge >= 0.3 is 0 Å². The van der Waals surface area contributed by atoms with E-state index in [9.17, 15) is 9.90 Å². The third kappa shape index (κ3) is 4.81. The van der Waals surface area contributed by atoms with Gasteiger partial charge in [0.25, 0.3) is 5.91 Å². The molecule has 0 bridgehead atoms. The smallest absolute Gasteiger partial charge is 0.271 e. The quantitative estimate of drug-likeness (QED) is 0.576. The summed E-state index contributed by atoms with van der Waals surface area (Å²) in [7, 11) is 1.91. The molecule has 0 saturated carbocycles. The molecular weight excluding hydrogens is 387 g/mol. The van der Waals surface area contributed by atoms with Crippen molar-refractivity contribution in [3.05, 3.63) is 71.3 Å². The first-order valence-corrected chi connectivity index (χ1v) is 8.15. The van der Waals surface area contributed by atoms with E-state index in [0.717, 1.165) is 11.3 Å². The molecule has 27 heavy (non-hydrogen) atoms. The van der Waals surface area contributed by atoms with Crippen LogP contribution in [-0.4, -0.2) is 20.6 Å². The normalized spacial score (nSPS) is 11.0. The highest BCUT2D eigenvalue weighted by Gasteiger charge is 2.09. The zero-order valence-electron chi connectivity index (χ0n) is 14.4. The second kappa shape index (κ2) is 8.62. The second-order valence-corrected chi connectivity index (χ2v) is 6.13. The third-order valence-electron chi connectivity index (χ3n) is 3.81. The van der Waals surface area contributed by atoms with Gasteiger partial charge in [0.05, 0.1) is 23.9 Å². The van der Waals surface area contributed by atoms with Crippen molar-refractivity contribution in [1.29, 1.82) is 0 Å². The average molecular weight is 405 g/mol. The zero-order valence-corrected chi connectivity index (χ0v) is 16.0. The number of carbonyl (C=O) groups excluding carboxylic acids is 1. The van der Waals surface area contributed by atoms with Crippen LogP contribution in [0.4, 0.5) is 5.69 Å².